The van der Waals surface area contributed by atoms with Crippen LogP contribution in [-0.4, -0.2) is 33.6 Å². The van der Waals surface area contributed by atoms with Crippen molar-refractivity contribution in [2.45, 2.75) is 46.1 Å². The highest BCUT2D eigenvalue weighted by Crippen LogP contribution is 2.18. The highest BCUT2D eigenvalue weighted by Gasteiger charge is 2.15. The Hall–Kier alpha value is -2.15. The number of H-pyrrole nitrogens is 1. The Kier molecular flexibility index (Phi) is 4.99. The van der Waals surface area contributed by atoms with Gasteiger partial charge in [-0.1, -0.05) is 0 Å². The minimum atomic E-state index is -0.173. The molecule has 130 valence electrons. The number of nitrogens with zero attached hydrogens (tertiary/aromatic N) is 2. The number of hydrogen-bond acceptors (Lipinski definition) is 4. The van der Waals surface area contributed by atoms with E-state index in [0.717, 1.165) is 49.3 Å². The van der Waals surface area contributed by atoms with Gasteiger partial charge in [-0.15, -0.1) is 0 Å². The van der Waals surface area contributed by atoms with Crippen LogP contribution in [0.2, 0.25) is 0 Å². The van der Waals surface area contributed by atoms with Gasteiger partial charge in [0.05, 0.1) is 0 Å². The van der Waals surface area contributed by atoms with E-state index < -0.39 is 0 Å². The molecule has 0 bridgehead atoms. The number of nitrogens with one attached hydrogen (secondary N) is 3. The van der Waals surface area contributed by atoms with Gasteiger partial charge in [0.1, 0.15) is 0 Å². The van der Waals surface area contributed by atoms with Crippen LogP contribution in [0.5, 0.6) is 0 Å². The van der Waals surface area contributed by atoms with Gasteiger partial charge < -0.3 is 10.6 Å². The second-order valence-corrected chi connectivity index (χ2v) is 6.58. The standard InChI is InChI=1S/C17H25N5O2/c1-11-14(12(2)22-15(20-11)9-17(24)21-22)10-19-16(23)4-3-13-5-7-18-8-6-13/h9,13,18H,3-8,10H2,1-2H3,(H,19,23)(H,21,24). The Labute approximate surface area is 140 Å². The van der Waals surface area contributed by atoms with Crippen molar-refractivity contribution < 1.29 is 4.79 Å². The van der Waals surface area contributed by atoms with Gasteiger partial charge >= 0.3 is 0 Å². The summed E-state index contributed by atoms with van der Waals surface area (Å²) in [7, 11) is 0. The Morgan fingerprint density at radius 1 is 1.38 bits per heavy atom. The van der Waals surface area contributed by atoms with E-state index in [1.807, 2.05) is 13.8 Å². The lowest BCUT2D eigenvalue weighted by molar-refractivity contribution is -0.121. The Morgan fingerprint density at radius 2 is 2.12 bits per heavy atom. The predicted molar refractivity (Wildman–Crippen MR) is 92.0 cm³/mol. The molecule has 0 spiro atoms. The zero-order valence-corrected chi connectivity index (χ0v) is 14.3. The van der Waals surface area contributed by atoms with Crippen LogP contribution in [0.3, 0.4) is 0 Å². The number of hydrogen-bond donors (Lipinski definition) is 3. The number of amides is 1. The summed E-state index contributed by atoms with van der Waals surface area (Å²) in [5.74, 6) is 0.733. The zero-order valence-electron chi connectivity index (χ0n) is 14.3. The first kappa shape index (κ1) is 16.7. The minimum Gasteiger partial charge on any atom is -0.352 e. The highest BCUT2D eigenvalue weighted by molar-refractivity contribution is 5.75. The summed E-state index contributed by atoms with van der Waals surface area (Å²) in [4.78, 5) is 28.0. The van der Waals surface area contributed by atoms with E-state index in [4.69, 9.17) is 0 Å². The minimum absolute atomic E-state index is 0.0772. The molecule has 3 rings (SSSR count). The van der Waals surface area contributed by atoms with E-state index in [1.165, 1.54) is 6.07 Å². The van der Waals surface area contributed by atoms with Crippen LogP contribution in [0.25, 0.3) is 5.65 Å². The van der Waals surface area contributed by atoms with Crippen LogP contribution >= 0.6 is 0 Å². The molecule has 3 N–H and O–H groups in total. The second kappa shape index (κ2) is 7.17. The summed E-state index contributed by atoms with van der Waals surface area (Å²) < 4.78 is 1.67. The first-order chi connectivity index (χ1) is 11.5. The van der Waals surface area contributed by atoms with Gasteiger partial charge in [0.2, 0.25) is 5.91 Å². The van der Waals surface area contributed by atoms with Gasteiger partial charge in [0.15, 0.2) is 5.65 Å². The molecule has 2 aromatic heterocycles. The second-order valence-electron chi connectivity index (χ2n) is 6.58. The lowest BCUT2D eigenvalue weighted by Gasteiger charge is -2.22. The fourth-order valence-corrected chi connectivity index (χ4v) is 3.39. The van der Waals surface area contributed by atoms with E-state index in [9.17, 15) is 9.59 Å². The fourth-order valence-electron chi connectivity index (χ4n) is 3.39. The molecule has 1 aliphatic rings. The van der Waals surface area contributed by atoms with Crippen LogP contribution < -0.4 is 16.2 Å². The average Bonchev–Trinajstić information content (AvgIpc) is 2.94. The summed E-state index contributed by atoms with van der Waals surface area (Å²) in [6.07, 6.45) is 3.84. The van der Waals surface area contributed by atoms with Gasteiger partial charge in [-0.3, -0.25) is 14.7 Å². The third-order valence-electron chi connectivity index (χ3n) is 4.90. The summed E-state index contributed by atoms with van der Waals surface area (Å²) in [5.41, 5.74) is 3.12. The maximum atomic E-state index is 12.1. The summed E-state index contributed by atoms with van der Waals surface area (Å²) in [6.45, 7) is 6.39. The quantitative estimate of drug-likeness (QED) is 0.763. The van der Waals surface area contributed by atoms with Crippen LogP contribution in [0.1, 0.15) is 42.6 Å². The number of carbonyl (C=O) groups is 1. The third-order valence-corrected chi connectivity index (χ3v) is 4.90. The van der Waals surface area contributed by atoms with Crippen LogP contribution in [0.4, 0.5) is 0 Å². The fraction of sp³-hybridized carbons (Fsp3) is 0.588. The molecule has 2 aromatic rings. The van der Waals surface area contributed by atoms with Gasteiger partial charge in [-0.05, 0) is 52.1 Å². The van der Waals surface area contributed by atoms with Crippen molar-refractivity contribution in [1.82, 2.24) is 25.2 Å². The first-order valence-electron chi connectivity index (χ1n) is 8.60. The maximum absolute atomic E-state index is 12.1. The number of aromatic amines is 1. The van der Waals surface area contributed by atoms with E-state index >= 15 is 0 Å². The first-order valence-corrected chi connectivity index (χ1v) is 8.60. The van der Waals surface area contributed by atoms with Gasteiger partial charge in [-0.2, -0.15) is 0 Å². The number of aryl methyl sites for hydroxylation is 2. The van der Waals surface area contributed by atoms with Crippen molar-refractivity contribution >= 4 is 11.6 Å². The third kappa shape index (κ3) is 3.67. The van der Waals surface area contributed by atoms with Crippen molar-refractivity contribution in [1.29, 1.82) is 0 Å². The molecule has 1 aliphatic heterocycles. The topological polar surface area (TPSA) is 91.3 Å². The largest absolute Gasteiger partial charge is 0.352 e. The van der Waals surface area contributed by atoms with Crippen molar-refractivity contribution in [3.63, 3.8) is 0 Å². The molecule has 0 atom stereocenters. The highest BCUT2D eigenvalue weighted by atomic mass is 16.1. The number of fused-ring (bicyclic) bond motifs is 1. The normalized spacial score (nSPS) is 15.8. The molecule has 0 unspecified atom stereocenters. The molecule has 0 radical (unpaired) electrons. The lowest BCUT2D eigenvalue weighted by atomic mass is 9.93. The van der Waals surface area contributed by atoms with E-state index in [2.05, 4.69) is 20.7 Å². The van der Waals surface area contributed by atoms with Crippen LogP contribution in [-0.2, 0) is 11.3 Å². The monoisotopic (exact) mass is 331 g/mol. The van der Waals surface area contributed by atoms with Crippen LogP contribution in [0, 0.1) is 19.8 Å². The molecule has 3 heterocycles. The Balaban J connectivity index is 1.60. The zero-order chi connectivity index (χ0) is 17.1. The molecule has 0 aliphatic carbocycles. The molecular formula is C17H25N5O2. The molecule has 1 amide bonds. The smallest absolute Gasteiger partial charge is 0.266 e. The number of carbonyl (C=O) groups excluding carboxylic acids is 1. The Morgan fingerprint density at radius 3 is 2.88 bits per heavy atom. The summed E-state index contributed by atoms with van der Waals surface area (Å²) >= 11 is 0. The predicted octanol–water partition coefficient (Wildman–Crippen LogP) is 1.04. The van der Waals surface area contributed by atoms with Crippen molar-refractivity contribution in [3.8, 4) is 0 Å². The SMILES string of the molecule is Cc1nc2cc(=O)[nH]n2c(C)c1CNC(=O)CCC1CCNCC1. The van der Waals surface area contributed by atoms with E-state index in [0.29, 0.717) is 24.5 Å². The number of aromatic nitrogens is 3. The van der Waals surface area contributed by atoms with Crippen LogP contribution in [0.15, 0.2) is 10.9 Å². The van der Waals surface area contributed by atoms with E-state index in [1.54, 1.807) is 4.52 Å². The number of rotatable bonds is 5. The van der Waals surface area contributed by atoms with Gasteiger partial charge in [0.25, 0.3) is 5.56 Å². The molecule has 0 aromatic carbocycles. The van der Waals surface area contributed by atoms with E-state index in [-0.39, 0.29) is 11.5 Å². The van der Waals surface area contributed by atoms with Gasteiger partial charge in [-0.25, -0.2) is 9.50 Å². The summed E-state index contributed by atoms with van der Waals surface area (Å²) in [6, 6.07) is 1.47. The molecular weight excluding hydrogens is 306 g/mol. The maximum Gasteiger partial charge on any atom is 0.266 e. The van der Waals surface area contributed by atoms with Crippen molar-refractivity contribution in [2.24, 2.45) is 5.92 Å². The molecule has 1 saturated heterocycles. The molecule has 0 saturated carbocycles. The lowest BCUT2D eigenvalue weighted by Crippen LogP contribution is -2.29. The van der Waals surface area contributed by atoms with Crippen molar-refractivity contribution in [2.75, 3.05) is 13.1 Å². The molecule has 24 heavy (non-hydrogen) atoms. The number of piperidine rings is 1. The molecule has 1 fully saturated rings. The molecule has 7 heteroatoms. The average molecular weight is 331 g/mol. The summed E-state index contributed by atoms with van der Waals surface area (Å²) in [5, 5.41) is 9.06. The Bertz CT molecular complexity index is 786. The van der Waals surface area contributed by atoms with Gasteiger partial charge in [0, 0.05) is 36.0 Å². The molecule has 7 nitrogen and oxygen atoms in total. The van der Waals surface area contributed by atoms with Crippen molar-refractivity contribution in [3.05, 3.63) is 33.4 Å².